The minimum Gasteiger partial charge on any atom is -0.468 e. The number of aryl methyl sites for hydroxylation is 1. The van der Waals surface area contributed by atoms with Crippen molar-refractivity contribution >= 4 is 23.5 Å². The molecule has 3 rings (SSSR count). The molecule has 0 aliphatic heterocycles. The van der Waals surface area contributed by atoms with E-state index >= 15 is 0 Å². The molecule has 0 spiro atoms. The second-order valence-electron chi connectivity index (χ2n) is 5.73. The first-order chi connectivity index (χ1) is 10.2. The fourth-order valence-corrected chi connectivity index (χ4v) is 4.54. The van der Waals surface area contributed by atoms with E-state index in [0.717, 1.165) is 37.9 Å². The number of furan rings is 1. The van der Waals surface area contributed by atoms with E-state index in [1.54, 1.807) is 0 Å². The maximum atomic E-state index is 12.5. The lowest BCUT2D eigenvalue weighted by atomic mass is 9.94. The van der Waals surface area contributed by atoms with Crippen molar-refractivity contribution < 1.29 is 14.0 Å². The second-order valence-corrected chi connectivity index (χ2v) is 7.25. The van der Waals surface area contributed by atoms with Gasteiger partial charge in [-0.3, -0.25) is 9.59 Å². The van der Waals surface area contributed by atoms with Crippen LogP contribution in [0.25, 0.3) is 0 Å². The molecule has 2 aliphatic carbocycles. The van der Waals surface area contributed by atoms with Gasteiger partial charge in [-0.15, -0.1) is 0 Å². The molecule has 1 amide bonds. The van der Waals surface area contributed by atoms with Gasteiger partial charge in [0.15, 0.2) is 5.78 Å². The molecule has 1 heterocycles. The Hall–Kier alpha value is -1.23. The van der Waals surface area contributed by atoms with Gasteiger partial charge in [-0.25, -0.2) is 0 Å². The van der Waals surface area contributed by atoms with Crippen LogP contribution in [-0.2, 0) is 6.42 Å². The van der Waals surface area contributed by atoms with E-state index < -0.39 is 0 Å². The zero-order chi connectivity index (χ0) is 14.8. The molecule has 114 valence electrons. The maximum absolute atomic E-state index is 12.5. The Morgan fingerprint density at radius 2 is 2.24 bits per heavy atom. The highest BCUT2D eigenvalue weighted by molar-refractivity contribution is 7.99. The molecule has 0 bridgehead atoms. The van der Waals surface area contributed by atoms with Crippen molar-refractivity contribution in [1.82, 2.24) is 5.32 Å². The highest BCUT2D eigenvalue weighted by Gasteiger charge is 2.32. The minimum atomic E-state index is -0.149. The number of nitrogens with one attached hydrogen (secondary N) is 1. The van der Waals surface area contributed by atoms with E-state index in [-0.39, 0.29) is 17.7 Å². The van der Waals surface area contributed by atoms with Gasteiger partial charge in [-0.1, -0.05) is 13.3 Å². The van der Waals surface area contributed by atoms with Crippen LogP contribution in [0.5, 0.6) is 0 Å². The van der Waals surface area contributed by atoms with Crippen LogP contribution >= 0.6 is 11.8 Å². The summed E-state index contributed by atoms with van der Waals surface area (Å²) < 4.78 is 5.43. The molecule has 2 atom stereocenters. The summed E-state index contributed by atoms with van der Waals surface area (Å²) in [7, 11) is 0. The number of hydrogen-bond donors (Lipinski definition) is 1. The normalized spacial score (nSPS) is 24.9. The first kappa shape index (κ1) is 14.7. The molecule has 1 saturated carbocycles. The van der Waals surface area contributed by atoms with Gasteiger partial charge in [0.05, 0.1) is 11.1 Å². The van der Waals surface area contributed by atoms with Crippen LogP contribution < -0.4 is 5.32 Å². The molecule has 1 aromatic rings. The molecule has 21 heavy (non-hydrogen) atoms. The van der Waals surface area contributed by atoms with Crippen molar-refractivity contribution in [2.75, 3.05) is 5.75 Å². The average Bonchev–Trinajstić information content (AvgIpc) is 3.07. The molecule has 0 aromatic carbocycles. The highest BCUT2D eigenvalue weighted by atomic mass is 32.2. The summed E-state index contributed by atoms with van der Waals surface area (Å²) in [4.78, 5) is 24.5. The fraction of sp³-hybridized carbons (Fsp3) is 0.625. The number of Topliss-reactive ketones (excluding diaryl/α,β-unsaturated/α-hetero) is 1. The Morgan fingerprint density at radius 1 is 1.38 bits per heavy atom. The fourth-order valence-electron chi connectivity index (χ4n) is 3.34. The molecule has 1 N–H and O–H groups in total. The lowest BCUT2D eigenvalue weighted by molar-refractivity contribution is 0.0917. The molecule has 1 aromatic heterocycles. The van der Waals surface area contributed by atoms with E-state index in [9.17, 15) is 9.59 Å². The number of fused-ring (bicyclic) bond motifs is 1. The van der Waals surface area contributed by atoms with Crippen molar-refractivity contribution in [3.05, 3.63) is 23.2 Å². The molecule has 0 radical (unpaired) electrons. The SMILES string of the molecule is CCSC1CCCC1NC(=O)c1coc2c1C(=O)CCC2. The van der Waals surface area contributed by atoms with Gasteiger partial charge >= 0.3 is 0 Å². The van der Waals surface area contributed by atoms with E-state index in [4.69, 9.17) is 4.42 Å². The summed E-state index contributed by atoms with van der Waals surface area (Å²) in [6.07, 6.45) is 6.89. The van der Waals surface area contributed by atoms with Crippen LogP contribution in [0.4, 0.5) is 0 Å². The highest BCUT2D eigenvalue weighted by Crippen LogP contribution is 2.31. The van der Waals surface area contributed by atoms with Crippen molar-refractivity contribution in [3.8, 4) is 0 Å². The lowest BCUT2D eigenvalue weighted by Gasteiger charge is -2.20. The Labute approximate surface area is 129 Å². The third-order valence-electron chi connectivity index (χ3n) is 4.35. The lowest BCUT2D eigenvalue weighted by Crippen LogP contribution is -2.39. The molecule has 0 saturated heterocycles. The predicted molar refractivity (Wildman–Crippen MR) is 83.0 cm³/mol. The predicted octanol–water partition coefficient (Wildman–Crippen LogP) is 3.20. The number of carbonyl (C=O) groups is 2. The molecule has 5 heteroatoms. The quantitative estimate of drug-likeness (QED) is 0.928. The zero-order valence-corrected chi connectivity index (χ0v) is 13.1. The molecular weight excluding hydrogens is 286 g/mol. The van der Waals surface area contributed by atoms with Gasteiger partial charge in [-0.2, -0.15) is 11.8 Å². The van der Waals surface area contributed by atoms with Crippen LogP contribution in [-0.4, -0.2) is 28.7 Å². The van der Waals surface area contributed by atoms with Crippen LogP contribution in [0, 0.1) is 0 Å². The molecular formula is C16H21NO3S. The number of thioether (sulfide) groups is 1. The summed E-state index contributed by atoms with van der Waals surface area (Å²) in [5.41, 5.74) is 0.957. The van der Waals surface area contributed by atoms with Gasteiger partial charge in [-0.05, 0) is 25.0 Å². The summed E-state index contributed by atoms with van der Waals surface area (Å²) in [5, 5.41) is 3.61. The molecule has 1 fully saturated rings. The number of rotatable bonds is 4. The van der Waals surface area contributed by atoms with Gasteiger partial charge in [0, 0.05) is 24.1 Å². The second kappa shape index (κ2) is 6.26. The average molecular weight is 307 g/mol. The summed E-state index contributed by atoms with van der Waals surface area (Å²) in [6.45, 7) is 2.15. The Kier molecular flexibility index (Phi) is 4.38. The van der Waals surface area contributed by atoms with Gasteiger partial charge < -0.3 is 9.73 Å². The monoisotopic (exact) mass is 307 g/mol. The van der Waals surface area contributed by atoms with E-state index in [2.05, 4.69) is 12.2 Å². The Bertz CT molecular complexity index is 552. The smallest absolute Gasteiger partial charge is 0.255 e. The van der Waals surface area contributed by atoms with Crippen LogP contribution in [0.2, 0.25) is 0 Å². The number of ketones is 1. The zero-order valence-electron chi connectivity index (χ0n) is 12.3. The maximum Gasteiger partial charge on any atom is 0.255 e. The number of carbonyl (C=O) groups excluding carboxylic acids is 2. The van der Waals surface area contributed by atoms with Gasteiger partial charge in [0.1, 0.15) is 12.0 Å². The Balaban J connectivity index is 1.74. The molecule has 2 aliphatic rings. The van der Waals surface area contributed by atoms with Crippen molar-refractivity contribution in [2.45, 2.75) is 56.7 Å². The van der Waals surface area contributed by atoms with E-state index in [1.807, 2.05) is 11.8 Å². The van der Waals surface area contributed by atoms with Crippen molar-refractivity contribution in [3.63, 3.8) is 0 Å². The topological polar surface area (TPSA) is 59.3 Å². The van der Waals surface area contributed by atoms with Gasteiger partial charge in [0.2, 0.25) is 0 Å². The minimum absolute atomic E-state index is 0.0426. The van der Waals surface area contributed by atoms with Gasteiger partial charge in [0.25, 0.3) is 5.91 Å². The third kappa shape index (κ3) is 2.89. The Morgan fingerprint density at radius 3 is 3.05 bits per heavy atom. The van der Waals surface area contributed by atoms with Crippen molar-refractivity contribution in [1.29, 1.82) is 0 Å². The first-order valence-electron chi connectivity index (χ1n) is 7.76. The van der Waals surface area contributed by atoms with E-state index in [1.165, 1.54) is 6.26 Å². The summed E-state index contributed by atoms with van der Waals surface area (Å²) in [6, 6.07) is 0.215. The molecule has 4 nitrogen and oxygen atoms in total. The first-order valence-corrected chi connectivity index (χ1v) is 8.81. The summed E-state index contributed by atoms with van der Waals surface area (Å²) >= 11 is 1.91. The van der Waals surface area contributed by atoms with Crippen molar-refractivity contribution in [2.24, 2.45) is 0 Å². The molecule has 2 unspecified atom stereocenters. The number of amides is 1. The van der Waals surface area contributed by atoms with Crippen LogP contribution in [0.15, 0.2) is 10.7 Å². The van der Waals surface area contributed by atoms with Crippen LogP contribution in [0.3, 0.4) is 0 Å². The largest absolute Gasteiger partial charge is 0.468 e. The van der Waals surface area contributed by atoms with Crippen LogP contribution in [0.1, 0.15) is 65.5 Å². The summed E-state index contributed by atoms with van der Waals surface area (Å²) in [5.74, 6) is 1.64. The standard InChI is InChI=1S/C16H21NO3S/c1-2-21-14-8-3-5-11(14)17-16(19)10-9-20-13-7-4-6-12(18)15(10)13/h9,11,14H,2-8H2,1H3,(H,17,19). The third-order valence-corrected chi connectivity index (χ3v) is 5.67. The number of hydrogen-bond acceptors (Lipinski definition) is 4. The van der Waals surface area contributed by atoms with E-state index in [0.29, 0.717) is 28.6 Å².